The zero-order valence-electron chi connectivity index (χ0n) is 11.1. The zero-order valence-corrected chi connectivity index (χ0v) is 11.9. The van der Waals surface area contributed by atoms with Crippen LogP contribution >= 0.6 is 11.8 Å². The van der Waals surface area contributed by atoms with Crippen molar-refractivity contribution in [2.45, 2.75) is 56.9 Å². The summed E-state index contributed by atoms with van der Waals surface area (Å²) < 4.78 is 5.32. The van der Waals surface area contributed by atoms with Crippen molar-refractivity contribution in [1.29, 1.82) is 0 Å². The summed E-state index contributed by atoms with van der Waals surface area (Å²) in [4.78, 5) is 4.52. The Kier molecular flexibility index (Phi) is 5.50. The lowest BCUT2D eigenvalue weighted by atomic mass is 10.00. The van der Waals surface area contributed by atoms with Crippen molar-refractivity contribution in [2.75, 3.05) is 12.0 Å². The van der Waals surface area contributed by atoms with E-state index in [2.05, 4.69) is 16.4 Å². The first-order chi connectivity index (χ1) is 8.81. The summed E-state index contributed by atoms with van der Waals surface area (Å²) >= 11 is 1.79. The molecular weight excluding hydrogens is 246 g/mol. The molecule has 0 amide bonds. The lowest BCUT2D eigenvalue weighted by Crippen LogP contribution is -2.12. The maximum absolute atomic E-state index is 6.05. The second-order valence-electron chi connectivity index (χ2n) is 5.07. The van der Waals surface area contributed by atoms with Gasteiger partial charge in [-0.05, 0) is 31.3 Å². The van der Waals surface area contributed by atoms with Crippen LogP contribution in [0.5, 0.6) is 0 Å². The molecule has 0 unspecified atom stereocenters. The molecule has 0 saturated heterocycles. The van der Waals surface area contributed by atoms with Gasteiger partial charge in [0.2, 0.25) is 5.89 Å². The smallest absolute Gasteiger partial charge is 0.243 e. The fourth-order valence-corrected chi connectivity index (χ4v) is 2.96. The van der Waals surface area contributed by atoms with Gasteiger partial charge < -0.3 is 10.3 Å². The molecule has 1 aromatic rings. The van der Waals surface area contributed by atoms with Gasteiger partial charge in [-0.1, -0.05) is 30.8 Å². The first kappa shape index (κ1) is 13.9. The predicted molar refractivity (Wildman–Crippen MR) is 74.7 cm³/mol. The molecule has 1 aliphatic carbocycles. The largest absolute Gasteiger partial charge is 0.338 e. The Bertz CT molecular complexity index is 348. The van der Waals surface area contributed by atoms with E-state index in [1.54, 1.807) is 11.8 Å². The van der Waals surface area contributed by atoms with Gasteiger partial charge in [-0.25, -0.2) is 0 Å². The fraction of sp³-hybridized carbons (Fsp3) is 0.846. The van der Waals surface area contributed by atoms with Crippen LogP contribution < -0.4 is 5.73 Å². The molecule has 1 fully saturated rings. The van der Waals surface area contributed by atoms with E-state index in [0.29, 0.717) is 11.8 Å². The highest BCUT2D eigenvalue weighted by Gasteiger charge is 2.21. The van der Waals surface area contributed by atoms with E-state index in [0.717, 1.165) is 18.0 Å². The summed E-state index contributed by atoms with van der Waals surface area (Å²) in [5.74, 6) is 3.01. The third kappa shape index (κ3) is 3.72. The van der Waals surface area contributed by atoms with Crippen LogP contribution in [0.1, 0.15) is 68.6 Å². The minimum atomic E-state index is -0.107. The predicted octanol–water partition coefficient (Wildman–Crippen LogP) is 3.26. The van der Waals surface area contributed by atoms with Crippen molar-refractivity contribution < 1.29 is 4.52 Å². The van der Waals surface area contributed by atoms with Gasteiger partial charge in [0.15, 0.2) is 5.82 Å². The average molecular weight is 269 g/mol. The number of hydrogen-bond acceptors (Lipinski definition) is 5. The highest BCUT2D eigenvalue weighted by Crippen LogP contribution is 2.30. The third-order valence-corrected chi connectivity index (χ3v) is 4.27. The lowest BCUT2D eigenvalue weighted by molar-refractivity contribution is 0.345. The van der Waals surface area contributed by atoms with Crippen molar-refractivity contribution in [1.82, 2.24) is 10.1 Å². The second kappa shape index (κ2) is 7.14. The number of rotatable bonds is 5. The Morgan fingerprint density at radius 3 is 2.72 bits per heavy atom. The summed E-state index contributed by atoms with van der Waals surface area (Å²) in [5.41, 5.74) is 6.05. The molecule has 1 heterocycles. The Balaban J connectivity index is 1.95. The molecule has 0 spiro atoms. The van der Waals surface area contributed by atoms with Gasteiger partial charge in [0.25, 0.3) is 0 Å². The number of aromatic nitrogens is 2. The molecule has 18 heavy (non-hydrogen) atoms. The molecule has 0 radical (unpaired) electrons. The van der Waals surface area contributed by atoms with Crippen LogP contribution in [0.3, 0.4) is 0 Å². The number of thioether (sulfide) groups is 1. The maximum atomic E-state index is 6.05. The zero-order chi connectivity index (χ0) is 12.8. The van der Waals surface area contributed by atoms with Crippen molar-refractivity contribution in [3.63, 3.8) is 0 Å². The van der Waals surface area contributed by atoms with E-state index < -0.39 is 0 Å². The highest BCUT2D eigenvalue weighted by molar-refractivity contribution is 7.98. The van der Waals surface area contributed by atoms with Crippen LogP contribution in [-0.2, 0) is 0 Å². The lowest BCUT2D eigenvalue weighted by Gasteiger charge is -2.08. The second-order valence-corrected chi connectivity index (χ2v) is 6.05. The quantitative estimate of drug-likeness (QED) is 0.831. The monoisotopic (exact) mass is 269 g/mol. The molecule has 0 aromatic carbocycles. The van der Waals surface area contributed by atoms with Gasteiger partial charge in [0.1, 0.15) is 0 Å². The van der Waals surface area contributed by atoms with Gasteiger partial charge in [-0.3, -0.25) is 0 Å². The van der Waals surface area contributed by atoms with E-state index in [1.807, 2.05) is 0 Å². The van der Waals surface area contributed by atoms with Crippen LogP contribution in [0.2, 0.25) is 0 Å². The van der Waals surface area contributed by atoms with Crippen LogP contribution in [0, 0.1) is 0 Å². The SMILES string of the molecule is CSCC[C@@H](N)c1nc(C2CCCCCC2)no1. The van der Waals surface area contributed by atoms with Gasteiger partial charge in [0, 0.05) is 5.92 Å². The summed E-state index contributed by atoms with van der Waals surface area (Å²) in [6.07, 6.45) is 10.6. The third-order valence-electron chi connectivity index (χ3n) is 3.63. The molecule has 4 nitrogen and oxygen atoms in total. The van der Waals surface area contributed by atoms with Crippen LogP contribution in [0.4, 0.5) is 0 Å². The normalized spacial score (nSPS) is 19.7. The molecule has 1 aromatic heterocycles. The summed E-state index contributed by atoms with van der Waals surface area (Å²) in [6, 6.07) is -0.107. The van der Waals surface area contributed by atoms with Crippen molar-refractivity contribution >= 4 is 11.8 Å². The minimum absolute atomic E-state index is 0.107. The molecule has 2 N–H and O–H groups in total. The maximum Gasteiger partial charge on any atom is 0.243 e. The molecule has 1 atom stereocenters. The van der Waals surface area contributed by atoms with E-state index in [1.165, 1.54) is 38.5 Å². The van der Waals surface area contributed by atoms with Crippen molar-refractivity contribution in [3.8, 4) is 0 Å². The Hall–Kier alpha value is -0.550. The first-order valence-corrected chi connectivity index (χ1v) is 8.28. The first-order valence-electron chi connectivity index (χ1n) is 6.89. The van der Waals surface area contributed by atoms with E-state index >= 15 is 0 Å². The van der Waals surface area contributed by atoms with Crippen LogP contribution in [0.15, 0.2) is 4.52 Å². The standard InChI is InChI=1S/C13H23N3OS/c1-18-9-8-11(14)13-15-12(16-17-13)10-6-4-2-3-5-7-10/h10-11H,2-9,14H2,1H3/t11-/m1/s1. The molecule has 5 heteroatoms. The molecule has 2 rings (SSSR count). The molecule has 1 saturated carbocycles. The summed E-state index contributed by atoms with van der Waals surface area (Å²) in [6.45, 7) is 0. The number of hydrogen-bond donors (Lipinski definition) is 1. The van der Waals surface area contributed by atoms with E-state index in [4.69, 9.17) is 10.3 Å². The van der Waals surface area contributed by atoms with Crippen LogP contribution in [-0.4, -0.2) is 22.1 Å². The molecule has 0 bridgehead atoms. The van der Waals surface area contributed by atoms with E-state index in [-0.39, 0.29) is 6.04 Å². The minimum Gasteiger partial charge on any atom is -0.338 e. The fourth-order valence-electron chi connectivity index (χ4n) is 2.47. The number of nitrogens with zero attached hydrogens (tertiary/aromatic N) is 2. The molecular formula is C13H23N3OS. The van der Waals surface area contributed by atoms with Gasteiger partial charge in [-0.15, -0.1) is 0 Å². The van der Waals surface area contributed by atoms with Crippen LogP contribution in [0.25, 0.3) is 0 Å². The van der Waals surface area contributed by atoms with Gasteiger partial charge in [0.05, 0.1) is 6.04 Å². The topological polar surface area (TPSA) is 64.9 Å². The highest BCUT2D eigenvalue weighted by atomic mass is 32.2. The summed E-state index contributed by atoms with van der Waals surface area (Å²) in [7, 11) is 0. The molecule has 0 aliphatic heterocycles. The van der Waals surface area contributed by atoms with Gasteiger partial charge in [-0.2, -0.15) is 16.7 Å². The Morgan fingerprint density at radius 1 is 1.33 bits per heavy atom. The number of nitrogens with two attached hydrogens (primary N) is 1. The van der Waals surface area contributed by atoms with Crippen molar-refractivity contribution in [2.24, 2.45) is 5.73 Å². The Morgan fingerprint density at radius 2 is 2.06 bits per heavy atom. The molecule has 102 valence electrons. The van der Waals surface area contributed by atoms with Crippen molar-refractivity contribution in [3.05, 3.63) is 11.7 Å². The Labute approximate surface area is 113 Å². The van der Waals surface area contributed by atoms with Gasteiger partial charge >= 0.3 is 0 Å². The summed E-state index contributed by atoms with van der Waals surface area (Å²) in [5, 5.41) is 4.14. The molecule has 1 aliphatic rings. The average Bonchev–Trinajstić information content (AvgIpc) is 2.72. The van der Waals surface area contributed by atoms with E-state index in [9.17, 15) is 0 Å².